The van der Waals surface area contributed by atoms with E-state index in [1.54, 1.807) is 4.90 Å². The van der Waals surface area contributed by atoms with Gasteiger partial charge in [0.1, 0.15) is 11.6 Å². The molecule has 5 nitrogen and oxygen atoms in total. The number of hydrogen-bond acceptors (Lipinski definition) is 3. The summed E-state index contributed by atoms with van der Waals surface area (Å²) in [4.78, 5) is 26.4. The number of para-hydroxylation sites is 1. The highest BCUT2D eigenvalue weighted by Crippen LogP contribution is 2.19. The Morgan fingerprint density at radius 1 is 1.12 bits per heavy atom. The average molecular weight is 356 g/mol. The quantitative estimate of drug-likeness (QED) is 0.896. The van der Waals surface area contributed by atoms with E-state index in [0.29, 0.717) is 18.8 Å². The summed E-state index contributed by atoms with van der Waals surface area (Å²) < 4.78 is 18.3. The summed E-state index contributed by atoms with van der Waals surface area (Å²) in [7, 11) is 0. The van der Waals surface area contributed by atoms with Crippen molar-refractivity contribution in [1.29, 1.82) is 0 Å². The highest BCUT2D eigenvalue weighted by molar-refractivity contribution is 5.93. The summed E-state index contributed by atoms with van der Waals surface area (Å²) in [5.74, 6) is -0.402. The summed E-state index contributed by atoms with van der Waals surface area (Å²) in [6, 6.07) is 14.8. The average Bonchev–Trinajstić information content (AvgIpc) is 2.68. The largest absolute Gasteiger partial charge is 0.484 e. The van der Waals surface area contributed by atoms with Gasteiger partial charge in [-0.05, 0) is 49.2 Å². The van der Waals surface area contributed by atoms with Gasteiger partial charge in [0.15, 0.2) is 6.61 Å². The molecule has 1 fully saturated rings. The van der Waals surface area contributed by atoms with Gasteiger partial charge in [-0.2, -0.15) is 0 Å². The minimum absolute atomic E-state index is 0.0758. The molecule has 0 radical (unpaired) electrons. The molecule has 1 aliphatic heterocycles. The third kappa shape index (κ3) is 4.81. The van der Waals surface area contributed by atoms with Crippen LogP contribution in [0, 0.1) is 11.7 Å². The number of piperidine rings is 1. The van der Waals surface area contributed by atoms with Crippen LogP contribution in [-0.2, 0) is 9.59 Å². The van der Waals surface area contributed by atoms with Crippen molar-refractivity contribution in [3.8, 4) is 5.75 Å². The summed E-state index contributed by atoms with van der Waals surface area (Å²) in [5, 5.41) is 2.89. The molecule has 3 rings (SSSR count). The lowest BCUT2D eigenvalue weighted by Crippen LogP contribution is -2.45. The number of amides is 2. The van der Waals surface area contributed by atoms with Crippen LogP contribution in [0.3, 0.4) is 0 Å². The summed E-state index contributed by atoms with van der Waals surface area (Å²) >= 11 is 0. The molecule has 0 bridgehead atoms. The van der Waals surface area contributed by atoms with Gasteiger partial charge in [0, 0.05) is 18.8 Å². The number of ether oxygens (including phenoxy) is 1. The van der Waals surface area contributed by atoms with Crippen LogP contribution in [-0.4, -0.2) is 36.4 Å². The second kappa shape index (κ2) is 8.47. The lowest BCUT2D eigenvalue weighted by Gasteiger charge is -2.32. The molecule has 0 spiro atoms. The molecule has 0 aromatic heterocycles. The van der Waals surface area contributed by atoms with Crippen LogP contribution in [0.4, 0.5) is 10.1 Å². The number of benzene rings is 2. The van der Waals surface area contributed by atoms with Gasteiger partial charge in [-0.3, -0.25) is 9.59 Å². The Morgan fingerprint density at radius 3 is 2.58 bits per heavy atom. The molecule has 1 aliphatic rings. The fourth-order valence-electron chi connectivity index (χ4n) is 2.95. The molecule has 1 N–H and O–H groups in total. The lowest BCUT2D eigenvalue weighted by atomic mass is 9.97. The van der Waals surface area contributed by atoms with Gasteiger partial charge >= 0.3 is 0 Å². The maximum atomic E-state index is 12.9. The van der Waals surface area contributed by atoms with Crippen molar-refractivity contribution in [2.75, 3.05) is 25.0 Å². The highest BCUT2D eigenvalue weighted by Gasteiger charge is 2.28. The molecule has 136 valence electrons. The van der Waals surface area contributed by atoms with Crippen LogP contribution in [0.2, 0.25) is 0 Å². The van der Waals surface area contributed by atoms with E-state index >= 15 is 0 Å². The molecule has 1 atom stereocenters. The predicted molar refractivity (Wildman–Crippen MR) is 96.3 cm³/mol. The molecule has 2 amide bonds. The van der Waals surface area contributed by atoms with Crippen molar-refractivity contribution in [2.45, 2.75) is 12.8 Å². The zero-order valence-corrected chi connectivity index (χ0v) is 14.4. The normalized spacial score (nSPS) is 16.8. The zero-order valence-electron chi connectivity index (χ0n) is 14.4. The first-order chi connectivity index (χ1) is 12.6. The van der Waals surface area contributed by atoms with E-state index in [2.05, 4.69) is 5.32 Å². The van der Waals surface area contributed by atoms with Crippen molar-refractivity contribution in [1.82, 2.24) is 4.90 Å². The predicted octanol–water partition coefficient (Wildman–Crippen LogP) is 3.08. The van der Waals surface area contributed by atoms with Gasteiger partial charge in [0.05, 0.1) is 5.92 Å². The van der Waals surface area contributed by atoms with E-state index in [4.69, 9.17) is 4.74 Å². The molecule has 2 aromatic rings. The monoisotopic (exact) mass is 356 g/mol. The second-order valence-electron chi connectivity index (χ2n) is 6.28. The number of carbonyl (C=O) groups excluding carboxylic acids is 2. The van der Waals surface area contributed by atoms with Gasteiger partial charge in [0.2, 0.25) is 5.91 Å². The molecule has 0 saturated carbocycles. The fourth-order valence-corrected chi connectivity index (χ4v) is 2.95. The van der Waals surface area contributed by atoms with Crippen LogP contribution in [0.5, 0.6) is 5.75 Å². The molecular weight excluding hydrogens is 335 g/mol. The van der Waals surface area contributed by atoms with Crippen molar-refractivity contribution in [3.05, 3.63) is 60.4 Å². The first-order valence-corrected chi connectivity index (χ1v) is 8.64. The molecule has 1 heterocycles. The number of anilines is 1. The number of rotatable bonds is 5. The number of nitrogens with one attached hydrogen (secondary N) is 1. The topological polar surface area (TPSA) is 58.6 Å². The SMILES string of the molecule is O=C(Nc1ccccc1)[C@H]1CCCN(C(=O)COc2ccc(F)cc2)C1. The first kappa shape index (κ1) is 17.9. The number of carbonyl (C=O) groups is 2. The van der Waals surface area contributed by atoms with E-state index in [-0.39, 0.29) is 30.2 Å². The minimum atomic E-state index is -0.355. The van der Waals surface area contributed by atoms with Crippen LogP contribution < -0.4 is 10.1 Å². The Morgan fingerprint density at radius 2 is 1.85 bits per heavy atom. The number of hydrogen-bond donors (Lipinski definition) is 1. The Hall–Kier alpha value is -2.89. The Bertz CT molecular complexity index is 749. The number of halogens is 1. The van der Waals surface area contributed by atoms with Gasteiger partial charge in [-0.15, -0.1) is 0 Å². The van der Waals surface area contributed by atoms with E-state index in [1.807, 2.05) is 30.3 Å². The van der Waals surface area contributed by atoms with E-state index in [0.717, 1.165) is 18.5 Å². The molecule has 6 heteroatoms. The molecule has 0 aliphatic carbocycles. The Kier molecular flexibility index (Phi) is 5.84. The number of nitrogens with zero attached hydrogens (tertiary/aromatic N) is 1. The molecule has 0 unspecified atom stereocenters. The third-order valence-corrected chi connectivity index (χ3v) is 4.36. The molecule has 1 saturated heterocycles. The summed E-state index contributed by atoms with van der Waals surface area (Å²) in [5.41, 5.74) is 0.751. The van der Waals surface area contributed by atoms with Gasteiger partial charge < -0.3 is 15.0 Å². The van der Waals surface area contributed by atoms with Crippen LogP contribution in [0.15, 0.2) is 54.6 Å². The summed E-state index contributed by atoms with van der Waals surface area (Å²) in [6.45, 7) is 0.865. The van der Waals surface area contributed by atoms with Gasteiger partial charge in [0.25, 0.3) is 5.91 Å². The van der Waals surface area contributed by atoms with E-state index in [1.165, 1.54) is 24.3 Å². The third-order valence-electron chi connectivity index (χ3n) is 4.36. The van der Waals surface area contributed by atoms with Crippen LogP contribution >= 0.6 is 0 Å². The van der Waals surface area contributed by atoms with Crippen molar-refractivity contribution >= 4 is 17.5 Å². The van der Waals surface area contributed by atoms with Gasteiger partial charge in [-0.1, -0.05) is 18.2 Å². The minimum Gasteiger partial charge on any atom is -0.484 e. The van der Waals surface area contributed by atoms with E-state index < -0.39 is 0 Å². The van der Waals surface area contributed by atoms with Gasteiger partial charge in [-0.25, -0.2) is 4.39 Å². The standard InChI is InChI=1S/C20H21FN2O3/c21-16-8-10-18(11-9-16)26-14-19(24)23-12-4-5-15(13-23)20(25)22-17-6-2-1-3-7-17/h1-3,6-11,15H,4-5,12-14H2,(H,22,25)/t15-/m0/s1. The smallest absolute Gasteiger partial charge is 0.260 e. The van der Waals surface area contributed by atoms with Crippen molar-refractivity contribution in [2.24, 2.45) is 5.92 Å². The van der Waals surface area contributed by atoms with Crippen molar-refractivity contribution < 1.29 is 18.7 Å². The Labute approximate surface area is 151 Å². The fraction of sp³-hybridized carbons (Fsp3) is 0.300. The second-order valence-corrected chi connectivity index (χ2v) is 6.28. The Balaban J connectivity index is 1.51. The van der Waals surface area contributed by atoms with Crippen LogP contribution in [0.1, 0.15) is 12.8 Å². The van der Waals surface area contributed by atoms with Crippen molar-refractivity contribution in [3.63, 3.8) is 0 Å². The maximum Gasteiger partial charge on any atom is 0.260 e. The van der Waals surface area contributed by atoms with Crippen LogP contribution in [0.25, 0.3) is 0 Å². The zero-order chi connectivity index (χ0) is 18.4. The first-order valence-electron chi connectivity index (χ1n) is 8.64. The highest BCUT2D eigenvalue weighted by atomic mass is 19.1. The molecular formula is C20H21FN2O3. The molecule has 26 heavy (non-hydrogen) atoms. The summed E-state index contributed by atoms with van der Waals surface area (Å²) in [6.07, 6.45) is 1.52. The number of likely N-dealkylation sites (tertiary alicyclic amines) is 1. The lowest BCUT2D eigenvalue weighted by molar-refractivity contribution is -0.136. The molecule has 2 aromatic carbocycles. The maximum absolute atomic E-state index is 12.9. The van der Waals surface area contributed by atoms with E-state index in [9.17, 15) is 14.0 Å².